The van der Waals surface area contributed by atoms with Gasteiger partial charge in [-0.3, -0.25) is 4.79 Å². The number of halogens is 1. The normalized spacial score (nSPS) is 12.6. The number of hydrogen-bond acceptors (Lipinski definition) is 4. The molecule has 6 heteroatoms. The SMILES string of the molecule is CCOC(=O)CCC(c1ccccc1I)S(=O)(=O)c1ccc(C)cc1. The van der Waals surface area contributed by atoms with Crippen molar-refractivity contribution in [2.75, 3.05) is 6.61 Å². The van der Waals surface area contributed by atoms with E-state index in [9.17, 15) is 13.2 Å². The van der Waals surface area contributed by atoms with Crippen molar-refractivity contribution < 1.29 is 17.9 Å². The lowest BCUT2D eigenvalue weighted by Crippen LogP contribution is -2.17. The van der Waals surface area contributed by atoms with Crippen molar-refractivity contribution in [3.63, 3.8) is 0 Å². The van der Waals surface area contributed by atoms with Crippen LogP contribution in [0.2, 0.25) is 0 Å². The maximum Gasteiger partial charge on any atom is 0.305 e. The van der Waals surface area contributed by atoms with E-state index in [1.807, 2.05) is 31.2 Å². The standard InChI is InChI=1S/C19H21IO4S/c1-3-24-19(21)13-12-18(16-6-4-5-7-17(16)20)25(22,23)15-10-8-14(2)9-11-15/h4-11,18H,3,12-13H2,1-2H3. The van der Waals surface area contributed by atoms with Gasteiger partial charge in [-0.05, 0) is 66.6 Å². The van der Waals surface area contributed by atoms with E-state index >= 15 is 0 Å². The zero-order chi connectivity index (χ0) is 18.4. The number of carbonyl (C=O) groups excluding carboxylic acids is 1. The first kappa shape index (κ1) is 19.9. The highest BCUT2D eigenvalue weighted by Gasteiger charge is 2.31. The maximum atomic E-state index is 13.2. The molecule has 4 nitrogen and oxygen atoms in total. The molecular formula is C19H21IO4S. The molecular weight excluding hydrogens is 451 g/mol. The van der Waals surface area contributed by atoms with Crippen molar-refractivity contribution in [2.45, 2.75) is 36.8 Å². The van der Waals surface area contributed by atoms with E-state index in [1.54, 1.807) is 31.2 Å². The van der Waals surface area contributed by atoms with Gasteiger partial charge in [0.2, 0.25) is 0 Å². The Bertz CT molecular complexity index is 829. The van der Waals surface area contributed by atoms with Gasteiger partial charge in [0.25, 0.3) is 0 Å². The van der Waals surface area contributed by atoms with Gasteiger partial charge >= 0.3 is 5.97 Å². The molecule has 0 N–H and O–H groups in total. The fourth-order valence-electron chi connectivity index (χ4n) is 2.59. The van der Waals surface area contributed by atoms with E-state index in [-0.39, 0.29) is 30.3 Å². The van der Waals surface area contributed by atoms with Crippen LogP contribution in [0.4, 0.5) is 0 Å². The van der Waals surface area contributed by atoms with Crippen molar-refractivity contribution in [3.8, 4) is 0 Å². The summed E-state index contributed by atoms with van der Waals surface area (Å²) in [7, 11) is -3.62. The van der Waals surface area contributed by atoms with Crippen LogP contribution < -0.4 is 0 Å². The summed E-state index contributed by atoms with van der Waals surface area (Å²) in [5.74, 6) is -0.377. The molecule has 134 valence electrons. The second kappa shape index (κ2) is 8.80. The molecule has 1 atom stereocenters. The zero-order valence-electron chi connectivity index (χ0n) is 14.2. The Kier molecular flexibility index (Phi) is 7.01. The van der Waals surface area contributed by atoms with Crippen molar-refractivity contribution in [1.82, 2.24) is 0 Å². The van der Waals surface area contributed by atoms with E-state index < -0.39 is 15.1 Å². The van der Waals surface area contributed by atoms with Crippen LogP contribution in [-0.2, 0) is 19.4 Å². The molecule has 2 rings (SSSR count). The largest absolute Gasteiger partial charge is 0.466 e. The quantitative estimate of drug-likeness (QED) is 0.441. The minimum Gasteiger partial charge on any atom is -0.466 e. The zero-order valence-corrected chi connectivity index (χ0v) is 17.2. The van der Waals surface area contributed by atoms with Crippen LogP contribution in [0.5, 0.6) is 0 Å². The summed E-state index contributed by atoms with van der Waals surface area (Å²) in [6.07, 6.45) is 0.254. The van der Waals surface area contributed by atoms with Gasteiger partial charge in [-0.1, -0.05) is 35.9 Å². The lowest BCUT2D eigenvalue weighted by Gasteiger charge is -2.19. The molecule has 0 saturated heterocycles. The minimum absolute atomic E-state index is 0.0641. The summed E-state index contributed by atoms with van der Waals surface area (Å²) in [5.41, 5.74) is 1.71. The number of carbonyl (C=O) groups is 1. The molecule has 2 aromatic carbocycles. The van der Waals surface area contributed by atoms with Crippen LogP contribution in [0.15, 0.2) is 53.4 Å². The number of benzene rings is 2. The minimum atomic E-state index is -3.62. The number of esters is 1. The van der Waals surface area contributed by atoms with Gasteiger partial charge in [0.15, 0.2) is 9.84 Å². The lowest BCUT2D eigenvalue weighted by atomic mass is 10.1. The predicted molar refractivity (Wildman–Crippen MR) is 106 cm³/mol. The third-order valence-electron chi connectivity index (χ3n) is 3.89. The molecule has 0 amide bonds. The first-order valence-electron chi connectivity index (χ1n) is 8.07. The van der Waals surface area contributed by atoms with E-state index in [2.05, 4.69) is 22.6 Å². The highest BCUT2D eigenvalue weighted by atomic mass is 127. The topological polar surface area (TPSA) is 60.4 Å². The van der Waals surface area contributed by atoms with Crippen LogP contribution in [0.3, 0.4) is 0 Å². The smallest absolute Gasteiger partial charge is 0.305 e. The first-order chi connectivity index (χ1) is 11.9. The molecule has 0 spiro atoms. The van der Waals surface area contributed by atoms with Gasteiger partial charge in [-0.25, -0.2) is 8.42 Å². The predicted octanol–water partition coefficient (Wildman–Crippen LogP) is 4.46. The van der Waals surface area contributed by atoms with Crippen LogP contribution in [0, 0.1) is 10.5 Å². The molecule has 0 radical (unpaired) electrons. The van der Waals surface area contributed by atoms with Crippen molar-refractivity contribution >= 4 is 38.4 Å². The molecule has 1 unspecified atom stereocenters. The fraction of sp³-hybridized carbons (Fsp3) is 0.316. The van der Waals surface area contributed by atoms with Crippen LogP contribution >= 0.6 is 22.6 Å². The van der Waals surface area contributed by atoms with Gasteiger partial charge in [0, 0.05) is 9.99 Å². The molecule has 0 bridgehead atoms. The fourth-order valence-corrected chi connectivity index (χ4v) is 5.37. The molecule has 0 aliphatic heterocycles. The molecule has 2 aromatic rings. The third-order valence-corrected chi connectivity index (χ3v) is 7.04. The average Bonchev–Trinajstić information content (AvgIpc) is 2.57. The number of ether oxygens (including phenoxy) is 1. The van der Waals surface area contributed by atoms with Crippen molar-refractivity contribution in [3.05, 3.63) is 63.2 Å². The Labute approximate surface area is 162 Å². The average molecular weight is 472 g/mol. The summed E-state index contributed by atoms with van der Waals surface area (Å²) in [5, 5.41) is -0.785. The van der Waals surface area contributed by atoms with Crippen LogP contribution in [0.25, 0.3) is 0 Å². The van der Waals surface area contributed by atoms with Crippen LogP contribution in [0.1, 0.15) is 36.1 Å². The highest BCUT2D eigenvalue weighted by molar-refractivity contribution is 14.1. The van der Waals surface area contributed by atoms with Crippen LogP contribution in [-0.4, -0.2) is 21.0 Å². The summed E-state index contributed by atoms with van der Waals surface area (Å²) in [6.45, 7) is 3.93. The van der Waals surface area contributed by atoms with E-state index in [0.29, 0.717) is 5.56 Å². The number of aryl methyl sites for hydroxylation is 1. The van der Waals surface area contributed by atoms with Crippen molar-refractivity contribution in [2.24, 2.45) is 0 Å². The van der Waals surface area contributed by atoms with Gasteiger partial charge in [0.1, 0.15) is 0 Å². The third kappa shape index (κ3) is 5.04. The Morgan fingerprint density at radius 1 is 1.12 bits per heavy atom. The van der Waals surface area contributed by atoms with Crippen molar-refractivity contribution in [1.29, 1.82) is 0 Å². The second-order valence-corrected chi connectivity index (χ2v) is 9.00. The maximum absolute atomic E-state index is 13.2. The van der Waals surface area contributed by atoms with Gasteiger partial charge < -0.3 is 4.74 Å². The molecule has 0 heterocycles. The Balaban J connectivity index is 2.41. The van der Waals surface area contributed by atoms with E-state index in [0.717, 1.165) is 9.13 Å². The van der Waals surface area contributed by atoms with E-state index in [4.69, 9.17) is 4.74 Å². The number of sulfone groups is 1. The summed E-state index contributed by atoms with van der Waals surface area (Å²) in [6, 6.07) is 14.2. The molecule has 0 fully saturated rings. The molecule has 0 aromatic heterocycles. The molecule has 0 aliphatic carbocycles. The molecule has 0 aliphatic rings. The Hall–Kier alpha value is -1.41. The Morgan fingerprint density at radius 3 is 2.36 bits per heavy atom. The Morgan fingerprint density at radius 2 is 1.76 bits per heavy atom. The second-order valence-electron chi connectivity index (χ2n) is 5.71. The number of hydrogen-bond donors (Lipinski definition) is 0. The van der Waals surface area contributed by atoms with E-state index in [1.165, 1.54) is 0 Å². The molecule has 0 saturated carbocycles. The first-order valence-corrected chi connectivity index (χ1v) is 10.7. The van der Waals surface area contributed by atoms with Gasteiger partial charge in [-0.15, -0.1) is 0 Å². The monoisotopic (exact) mass is 472 g/mol. The molecule has 25 heavy (non-hydrogen) atoms. The van der Waals surface area contributed by atoms with Gasteiger partial charge in [0.05, 0.1) is 16.8 Å². The highest BCUT2D eigenvalue weighted by Crippen LogP contribution is 2.35. The summed E-state index contributed by atoms with van der Waals surface area (Å²) >= 11 is 2.13. The summed E-state index contributed by atoms with van der Waals surface area (Å²) < 4.78 is 32.2. The summed E-state index contributed by atoms with van der Waals surface area (Å²) in [4.78, 5) is 12.0. The van der Waals surface area contributed by atoms with Gasteiger partial charge in [-0.2, -0.15) is 0 Å². The lowest BCUT2D eigenvalue weighted by molar-refractivity contribution is -0.143. The number of rotatable bonds is 7.